The van der Waals surface area contributed by atoms with Crippen LogP contribution in [0.5, 0.6) is 0 Å². The summed E-state index contributed by atoms with van der Waals surface area (Å²) >= 11 is 0. The number of likely N-dealkylation sites (N-methyl/N-ethyl adjacent to an activating group) is 1. The van der Waals surface area contributed by atoms with Gasteiger partial charge in [0.25, 0.3) is 0 Å². The van der Waals surface area contributed by atoms with Crippen molar-refractivity contribution in [3.05, 3.63) is 23.7 Å². The number of methoxy groups -OCH3 is 1. The van der Waals surface area contributed by atoms with Gasteiger partial charge in [0.15, 0.2) is 0 Å². The lowest BCUT2D eigenvalue weighted by atomic mass is 10.2. The number of amides is 1. The Morgan fingerprint density at radius 3 is 2.89 bits per heavy atom. The Balaban J connectivity index is 2.00. The van der Waals surface area contributed by atoms with E-state index in [1.807, 2.05) is 6.92 Å². The Morgan fingerprint density at radius 1 is 1.58 bits per heavy atom. The van der Waals surface area contributed by atoms with Gasteiger partial charge in [-0.15, -0.1) is 0 Å². The molecule has 0 aromatic carbocycles. The largest absolute Gasteiger partial charge is 0.463 e. The number of hydrogen-bond donors (Lipinski definition) is 1. The van der Waals surface area contributed by atoms with Crippen molar-refractivity contribution in [2.75, 3.05) is 20.7 Å². The van der Waals surface area contributed by atoms with E-state index in [4.69, 9.17) is 4.42 Å². The summed E-state index contributed by atoms with van der Waals surface area (Å²) in [5.41, 5.74) is 0. The molecule has 2 rings (SSSR count). The average Bonchev–Trinajstić information content (AvgIpc) is 3.00. The third-order valence-electron chi connectivity index (χ3n) is 3.32. The maximum Gasteiger partial charge on any atom is 0.373 e. The Labute approximate surface area is 111 Å². The first-order chi connectivity index (χ1) is 9.02. The van der Waals surface area contributed by atoms with Crippen LogP contribution in [-0.4, -0.2) is 43.5 Å². The molecular weight excluding hydrogens is 248 g/mol. The van der Waals surface area contributed by atoms with E-state index < -0.39 is 5.97 Å². The lowest BCUT2D eigenvalue weighted by Gasteiger charge is -2.16. The van der Waals surface area contributed by atoms with Gasteiger partial charge in [-0.3, -0.25) is 10.1 Å². The van der Waals surface area contributed by atoms with Gasteiger partial charge in [-0.05, 0) is 25.5 Å². The minimum Gasteiger partial charge on any atom is -0.463 e. The van der Waals surface area contributed by atoms with E-state index in [2.05, 4.69) is 10.1 Å². The van der Waals surface area contributed by atoms with E-state index in [0.29, 0.717) is 5.76 Å². The summed E-state index contributed by atoms with van der Waals surface area (Å²) in [6.45, 7) is 2.65. The molecule has 0 aliphatic carbocycles. The molecule has 1 aromatic rings. The molecule has 2 unspecified atom stereocenters. The van der Waals surface area contributed by atoms with Gasteiger partial charge in [-0.2, -0.15) is 0 Å². The molecule has 6 heteroatoms. The van der Waals surface area contributed by atoms with Gasteiger partial charge in [0, 0.05) is 13.6 Å². The molecule has 1 aromatic heterocycles. The van der Waals surface area contributed by atoms with Crippen LogP contribution in [0.15, 0.2) is 16.5 Å². The van der Waals surface area contributed by atoms with E-state index >= 15 is 0 Å². The highest BCUT2D eigenvalue weighted by molar-refractivity contribution is 5.86. The van der Waals surface area contributed by atoms with E-state index in [1.165, 1.54) is 7.11 Å². The van der Waals surface area contributed by atoms with Crippen LogP contribution in [0.3, 0.4) is 0 Å². The standard InChI is InChI=1S/C13H18N2O4/c1-8(14-9-6-7-15(2)12(9)16)10-4-5-11(19-10)13(17)18-3/h4-5,8-9,14H,6-7H2,1-3H3. The normalized spacial score (nSPS) is 20.7. The lowest BCUT2D eigenvalue weighted by molar-refractivity contribution is -0.128. The quantitative estimate of drug-likeness (QED) is 0.821. The highest BCUT2D eigenvalue weighted by Gasteiger charge is 2.30. The van der Waals surface area contributed by atoms with Gasteiger partial charge in [0.05, 0.1) is 19.2 Å². The molecule has 0 bridgehead atoms. The maximum absolute atomic E-state index is 11.8. The molecule has 19 heavy (non-hydrogen) atoms. The summed E-state index contributed by atoms with van der Waals surface area (Å²) in [6, 6.07) is 2.96. The predicted octanol–water partition coefficient (Wildman–Crippen LogP) is 0.948. The minimum absolute atomic E-state index is 0.0894. The molecule has 6 nitrogen and oxygen atoms in total. The van der Waals surface area contributed by atoms with Crippen molar-refractivity contribution < 1.29 is 18.7 Å². The molecule has 1 fully saturated rings. The molecule has 0 saturated carbocycles. The van der Waals surface area contributed by atoms with Crippen LogP contribution in [-0.2, 0) is 9.53 Å². The number of furan rings is 1. The molecule has 104 valence electrons. The topological polar surface area (TPSA) is 71.8 Å². The number of carbonyl (C=O) groups is 2. The first-order valence-electron chi connectivity index (χ1n) is 6.22. The summed E-state index contributed by atoms with van der Waals surface area (Å²) in [6.07, 6.45) is 0.782. The fourth-order valence-corrected chi connectivity index (χ4v) is 2.16. The van der Waals surface area contributed by atoms with Crippen molar-refractivity contribution in [3.63, 3.8) is 0 Å². The third kappa shape index (κ3) is 2.78. The second-order valence-electron chi connectivity index (χ2n) is 4.68. The highest BCUT2D eigenvalue weighted by atomic mass is 16.5. The monoisotopic (exact) mass is 266 g/mol. The second-order valence-corrected chi connectivity index (χ2v) is 4.68. The Morgan fingerprint density at radius 2 is 2.32 bits per heavy atom. The number of likely N-dealkylation sites (tertiary alicyclic amines) is 1. The number of nitrogens with zero attached hydrogens (tertiary/aromatic N) is 1. The number of carbonyl (C=O) groups excluding carboxylic acids is 2. The SMILES string of the molecule is COC(=O)c1ccc(C(C)NC2CCN(C)C2=O)o1. The zero-order chi connectivity index (χ0) is 14.0. The van der Waals surface area contributed by atoms with Gasteiger partial charge in [0.1, 0.15) is 5.76 Å². The average molecular weight is 266 g/mol. The van der Waals surface area contributed by atoms with Gasteiger partial charge in [-0.1, -0.05) is 0 Å². The molecule has 2 atom stereocenters. The van der Waals surface area contributed by atoms with Gasteiger partial charge in [0.2, 0.25) is 11.7 Å². The van der Waals surface area contributed by atoms with Crippen LogP contribution in [0.2, 0.25) is 0 Å². The third-order valence-corrected chi connectivity index (χ3v) is 3.32. The van der Waals surface area contributed by atoms with Gasteiger partial charge in [-0.25, -0.2) is 4.79 Å². The molecule has 1 saturated heterocycles. The summed E-state index contributed by atoms with van der Waals surface area (Å²) in [7, 11) is 3.09. The van der Waals surface area contributed by atoms with E-state index in [-0.39, 0.29) is 23.8 Å². The summed E-state index contributed by atoms with van der Waals surface area (Å²) in [4.78, 5) is 24.8. The lowest BCUT2D eigenvalue weighted by Crippen LogP contribution is -2.38. The van der Waals surface area contributed by atoms with Crippen LogP contribution in [0, 0.1) is 0 Å². The van der Waals surface area contributed by atoms with Crippen LogP contribution in [0.1, 0.15) is 35.7 Å². The summed E-state index contributed by atoms with van der Waals surface area (Å²) in [5, 5.41) is 3.21. The van der Waals surface area contributed by atoms with Crippen molar-refractivity contribution in [2.24, 2.45) is 0 Å². The zero-order valence-corrected chi connectivity index (χ0v) is 11.3. The maximum atomic E-state index is 11.8. The van der Waals surface area contributed by atoms with Crippen molar-refractivity contribution in [1.29, 1.82) is 0 Å². The van der Waals surface area contributed by atoms with Crippen molar-refractivity contribution in [2.45, 2.75) is 25.4 Å². The molecule has 1 aliphatic heterocycles. The predicted molar refractivity (Wildman–Crippen MR) is 67.6 cm³/mol. The minimum atomic E-state index is -0.505. The van der Waals surface area contributed by atoms with E-state index in [9.17, 15) is 9.59 Å². The second kappa shape index (κ2) is 5.44. The number of ether oxygens (including phenoxy) is 1. The van der Waals surface area contributed by atoms with Crippen molar-refractivity contribution >= 4 is 11.9 Å². The van der Waals surface area contributed by atoms with E-state index in [0.717, 1.165) is 13.0 Å². The molecule has 1 amide bonds. The number of esters is 1. The van der Waals surface area contributed by atoms with Crippen LogP contribution in [0.4, 0.5) is 0 Å². The Kier molecular flexibility index (Phi) is 3.90. The molecule has 1 N–H and O–H groups in total. The van der Waals surface area contributed by atoms with Crippen molar-refractivity contribution in [1.82, 2.24) is 10.2 Å². The molecule has 1 aliphatic rings. The van der Waals surface area contributed by atoms with Crippen LogP contribution >= 0.6 is 0 Å². The number of hydrogen-bond acceptors (Lipinski definition) is 5. The van der Waals surface area contributed by atoms with Crippen molar-refractivity contribution in [3.8, 4) is 0 Å². The van der Waals surface area contributed by atoms with Crippen LogP contribution < -0.4 is 5.32 Å². The fourth-order valence-electron chi connectivity index (χ4n) is 2.16. The fraction of sp³-hybridized carbons (Fsp3) is 0.538. The Hall–Kier alpha value is -1.82. The summed E-state index contributed by atoms with van der Waals surface area (Å²) < 4.78 is 9.99. The number of rotatable bonds is 4. The molecule has 2 heterocycles. The smallest absolute Gasteiger partial charge is 0.373 e. The van der Waals surface area contributed by atoms with Gasteiger partial charge >= 0.3 is 5.97 Å². The molecule has 0 radical (unpaired) electrons. The first kappa shape index (κ1) is 13.6. The van der Waals surface area contributed by atoms with E-state index in [1.54, 1.807) is 24.1 Å². The highest BCUT2D eigenvalue weighted by Crippen LogP contribution is 2.19. The molecule has 0 spiro atoms. The number of nitrogens with one attached hydrogen (secondary N) is 1. The summed E-state index contributed by atoms with van der Waals surface area (Å²) in [5.74, 6) is 0.366. The first-order valence-corrected chi connectivity index (χ1v) is 6.22. The zero-order valence-electron chi connectivity index (χ0n) is 11.3. The Bertz CT molecular complexity index is 483. The molecular formula is C13H18N2O4. The van der Waals surface area contributed by atoms with Crippen LogP contribution in [0.25, 0.3) is 0 Å². The van der Waals surface area contributed by atoms with Gasteiger partial charge < -0.3 is 14.1 Å².